The minimum atomic E-state index is -0.735. The van der Waals surface area contributed by atoms with Gasteiger partial charge < -0.3 is 24.6 Å². The van der Waals surface area contributed by atoms with Gasteiger partial charge in [0.1, 0.15) is 30.8 Å². The first-order valence-electron chi connectivity index (χ1n) is 9.78. The van der Waals surface area contributed by atoms with E-state index in [2.05, 4.69) is 44.3 Å². The minimum absolute atomic E-state index is 0. The lowest BCUT2D eigenvalue weighted by molar-refractivity contribution is -0.352. The summed E-state index contributed by atoms with van der Waals surface area (Å²) >= 11 is 4.64. The molecule has 5 N–H and O–H groups in total. The largest absolute Gasteiger partial charge is 0.471 e. The highest BCUT2D eigenvalue weighted by Crippen LogP contribution is 2.30. The van der Waals surface area contributed by atoms with Crippen molar-refractivity contribution in [2.75, 3.05) is 31.0 Å². The van der Waals surface area contributed by atoms with Crippen molar-refractivity contribution in [3.05, 3.63) is 60.6 Å². The highest BCUT2D eigenvalue weighted by molar-refractivity contribution is 6.15. The summed E-state index contributed by atoms with van der Waals surface area (Å²) in [6, 6.07) is 3.78. The molecule has 1 aromatic carbocycles. The van der Waals surface area contributed by atoms with Crippen LogP contribution in [0.15, 0.2) is 47.9 Å². The molecule has 1 unspecified atom stereocenters. The fourth-order valence-corrected chi connectivity index (χ4v) is 2.89. The Morgan fingerprint density at radius 2 is 2.03 bits per heavy atom. The van der Waals surface area contributed by atoms with Crippen molar-refractivity contribution in [3.63, 3.8) is 0 Å². The Balaban J connectivity index is 0.00000141. The SMILES string of the molecule is C.C=CON.CC/C(=C\C[NH3+])c1c(F)cc(N2CC(COc3ccon3)OC2=O)cc1F.CCl. The topological polar surface area (TPSA) is 128 Å². The van der Waals surface area contributed by atoms with Gasteiger partial charge in [-0.15, -0.1) is 11.6 Å². The van der Waals surface area contributed by atoms with Gasteiger partial charge in [0, 0.05) is 18.0 Å². The van der Waals surface area contributed by atoms with E-state index in [0.717, 1.165) is 18.4 Å². The zero-order chi connectivity index (χ0) is 24.8. The van der Waals surface area contributed by atoms with Crippen LogP contribution in [0.2, 0.25) is 0 Å². The average Bonchev–Trinajstić information content (AvgIpc) is 3.47. The number of nitrogens with two attached hydrogens (primary N) is 1. The molecule has 2 aromatic rings. The molecule has 34 heavy (non-hydrogen) atoms. The molecule has 0 aliphatic carbocycles. The molecule has 12 heteroatoms. The predicted octanol–water partition coefficient (Wildman–Crippen LogP) is 3.90. The van der Waals surface area contributed by atoms with E-state index in [4.69, 9.17) is 9.47 Å². The van der Waals surface area contributed by atoms with Crippen LogP contribution in [0.3, 0.4) is 0 Å². The Labute approximate surface area is 202 Å². The molecule has 1 atom stereocenters. The molecule has 2 heterocycles. The highest BCUT2D eigenvalue weighted by atomic mass is 35.5. The molecule has 1 fully saturated rings. The van der Waals surface area contributed by atoms with Crippen molar-refractivity contribution in [1.82, 2.24) is 5.16 Å². The number of quaternary nitrogens is 1. The number of carbonyl (C=O) groups excluding carboxylic acids is 1. The van der Waals surface area contributed by atoms with Crippen LogP contribution in [-0.4, -0.2) is 43.4 Å². The fourth-order valence-electron chi connectivity index (χ4n) is 2.89. The van der Waals surface area contributed by atoms with Gasteiger partial charge in [0.25, 0.3) is 5.88 Å². The van der Waals surface area contributed by atoms with Crippen LogP contribution in [-0.2, 0) is 9.57 Å². The lowest BCUT2D eigenvalue weighted by atomic mass is 10.0. The van der Waals surface area contributed by atoms with Gasteiger partial charge >= 0.3 is 6.09 Å². The summed E-state index contributed by atoms with van der Waals surface area (Å²) in [4.78, 5) is 17.1. The molecule has 1 amide bonds. The van der Waals surface area contributed by atoms with Gasteiger partial charge in [0.15, 0.2) is 6.10 Å². The Hall–Kier alpha value is -3.15. The quantitative estimate of drug-likeness (QED) is 0.316. The summed E-state index contributed by atoms with van der Waals surface area (Å²) in [6.07, 6.45) is 4.83. The number of rotatable bonds is 8. The minimum Gasteiger partial charge on any atom is -0.471 e. The third-order valence-corrected chi connectivity index (χ3v) is 4.23. The molecular weight excluding hydrogens is 474 g/mol. The van der Waals surface area contributed by atoms with Crippen molar-refractivity contribution in [3.8, 4) is 5.88 Å². The van der Waals surface area contributed by atoms with E-state index in [1.165, 1.54) is 23.6 Å². The number of cyclic esters (lactones) is 1. The van der Waals surface area contributed by atoms with Crippen molar-refractivity contribution in [2.45, 2.75) is 26.9 Å². The van der Waals surface area contributed by atoms with Gasteiger partial charge in [-0.25, -0.2) is 13.6 Å². The summed E-state index contributed by atoms with van der Waals surface area (Å²) in [6.45, 7) is 5.52. The van der Waals surface area contributed by atoms with E-state index in [1.54, 1.807) is 6.08 Å². The molecule has 1 aliphatic heterocycles. The summed E-state index contributed by atoms with van der Waals surface area (Å²) in [5.41, 5.74) is 4.21. The summed E-state index contributed by atoms with van der Waals surface area (Å²) in [5, 5.41) is 3.59. The van der Waals surface area contributed by atoms with Crippen molar-refractivity contribution in [1.29, 1.82) is 0 Å². The first-order valence-corrected chi connectivity index (χ1v) is 10.5. The second-order valence-electron chi connectivity index (χ2n) is 6.22. The van der Waals surface area contributed by atoms with Crippen molar-refractivity contribution < 1.29 is 38.1 Å². The third kappa shape index (κ3) is 8.65. The predicted molar refractivity (Wildman–Crippen MR) is 126 cm³/mol. The average molecular weight is 506 g/mol. The molecule has 1 saturated heterocycles. The van der Waals surface area contributed by atoms with Gasteiger partial charge in [0.05, 0.1) is 18.8 Å². The van der Waals surface area contributed by atoms with Crippen LogP contribution < -0.4 is 21.3 Å². The van der Waals surface area contributed by atoms with Crippen LogP contribution in [0, 0.1) is 11.6 Å². The second-order valence-corrected chi connectivity index (χ2v) is 6.22. The Morgan fingerprint density at radius 1 is 1.41 bits per heavy atom. The van der Waals surface area contributed by atoms with Gasteiger partial charge in [0.2, 0.25) is 0 Å². The van der Waals surface area contributed by atoms with Crippen molar-refractivity contribution >= 4 is 29.0 Å². The maximum absolute atomic E-state index is 14.6. The number of carbonyl (C=O) groups is 1. The van der Waals surface area contributed by atoms with E-state index in [1.807, 2.05) is 6.92 Å². The normalized spacial score (nSPS) is 14.6. The number of benzene rings is 1. The van der Waals surface area contributed by atoms with Crippen LogP contribution in [0.1, 0.15) is 26.3 Å². The zero-order valence-electron chi connectivity index (χ0n) is 18.4. The molecular formula is C22H32ClF2N4O5+. The van der Waals surface area contributed by atoms with Crippen LogP contribution in [0.5, 0.6) is 5.88 Å². The number of amides is 1. The number of hydrogen-bond donors (Lipinski definition) is 2. The zero-order valence-corrected chi connectivity index (χ0v) is 19.2. The summed E-state index contributed by atoms with van der Waals surface area (Å²) in [7, 11) is 0. The van der Waals surface area contributed by atoms with Gasteiger partial charge in [-0.1, -0.05) is 20.9 Å². The molecule has 0 bridgehead atoms. The molecule has 9 nitrogen and oxygen atoms in total. The lowest BCUT2D eigenvalue weighted by Crippen LogP contribution is -2.49. The number of allylic oxidation sites excluding steroid dienone is 1. The van der Waals surface area contributed by atoms with E-state index >= 15 is 0 Å². The Kier molecular flexibility index (Phi) is 14.9. The Bertz CT molecular complexity index is 890. The molecule has 190 valence electrons. The molecule has 0 saturated carbocycles. The molecule has 1 aliphatic rings. The number of hydrogen-bond acceptors (Lipinski definition) is 7. The lowest BCUT2D eigenvalue weighted by Gasteiger charge is -2.16. The van der Waals surface area contributed by atoms with Crippen molar-refractivity contribution in [2.24, 2.45) is 5.90 Å². The van der Waals surface area contributed by atoms with E-state index < -0.39 is 23.8 Å². The summed E-state index contributed by atoms with van der Waals surface area (Å²) in [5.74, 6) is 3.20. The monoisotopic (exact) mass is 505 g/mol. The first-order chi connectivity index (χ1) is 15.9. The van der Waals surface area contributed by atoms with Crippen LogP contribution in [0.25, 0.3) is 5.57 Å². The van der Waals surface area contributed by atoms with Gasteiger partial charge in [-0.05, 0) is 35.4 Å². The van der Waals surface area contributed by atoms with Gasteiger partial charge in [-0.3, -0.25) is 4.90 Å². The third-order valence-electron chi connectivity index (χ3n) is 4.23. The van der Waals surface area contributed by atoms with E-state index in [9.17, 15) is 13.6 Å². The van der Waals surface area contributed by atoms with Crippen LogP contribution in [0.4, 0.5) is 19.3 Å². The molecule has 0 radical (unpaired) electrons. The fraction of sp³-hybridized carbons (Fsp3) is 0.364. The maximum Gasteiger partial charge on any atom is 0.414 e. The Morgan fingerprint density at radius 3 is 2.50 bits per heavy atom. The number of alkyl halides is 1. The number of anilines is 1. The first kappa shape index (κ1) is 30.9. The smallest absolute Gasteiger partial charge is 0.414 e. The molecule has 3 rings (SSSR count). The van der Waals surface area contributed by atoms with E-state index in [0.29, 0.717) is 18.5 Å². The molecule has 1 aromatic heterocycles. The van der Waals surface area contributed by atoms with E-state index in [-0.39, 0.29) is 37.7 Å². The number of halogens is 3. The summed E-state index contributed by atoms with van der Waals surface area (Å²) < 4.78 is 44.3. The number of aromatic nitrogens is 1. The number of ether oxygens (including phenoxy) is 2. The standard InChI is InChI=1S/C18H19F2N3O4.C2H5NO.CH3Cl.CH4/c1-2-11(3-5-21)17-14(19)7-12(8-15(17)20)23-9-13(27-18(23)24)10-25-16-4-6-26-22-16;1-2-4-3;1-2;/h3-4,6-8,13H,2,5,9-10,21H2,1H3;2H,1,3H2;1H3;1H4/p+1/b11-3+;;;. The number of nitrogens with zero attached hydrogens (tertiary/aromatic N) is 2. The molecule has 0 spiro atoms. The maximum atomic E-state index is 14.6. The highest BCUT2D eigenvalue weighted by Gasteiger charge is 2.34. The second kappa shape index (κ2) is 16.5. The van der Waals surface area contributed by atoms with Crippen LogP contribution >= 0.6 is 11.6 Å². The van der Waals surface area contributed by atoms with Gasteiger partial charge in [-0.2, -0.15) is 5.90 Å².